The molecule has 1 aliphatic carbocycles. The van der Waals surface area contributed by atoms with Crippen LogP contribution in [0.4, 0.5) is 0 Å². The van der Waals surface area contributed by atoms with Gasteiger partial charge in [0.15, 0.2) is 0 Å². The second kappa shape index (κ2) is 7.91. The summed E-state index contributed by atoms with van der Waals surface area (Å²) in [6.45, 7) is 3.85. The van der Waals surface area contributed by atoms with E-state index in [9.17, 15) is 4.79 Å². The van der Waals surface area contributed by atoms with Crippen LogP contribution in [0.15, 0.2) is 0 Å². The van der Waals surface area contributed by atoms with Gasteiger partial charge in [0.2, 0.25) is 5.91 Å². The van der Waals surface area contributed by atoms with Crippen LogP contribution < -0.4 is 11.1 Å². The number of rotatable bonds is 5. The molecule has 1 aliphatic rings. The first-order valence-corrected chi connectivity index (χ1v) is 5.35. The zero-order chi connectivity index (χ0) is 10.4. The van der Waals surface area contributed by atoms with Gasteiger partial charge in [0.25, 0.3) is 0 Å². The van der Waals surface area contributed by atoms with E-state index < -0.39 is 0 Å². The Balaban J connectivity index is 0.00000196. The van der Waals surface area contributed by atoms with Gasteiger partial charge in [0.05, 0.1) is 6.61 Å². The van der Waals surface area contributed by atoms with Crippen LogP contribution in [0.5, 0.6) is 0 Å². The molecule has 1 amide bonds. The van der Waals surface area contributed by atoms with E-state index in [0.717, 1.165) is 19.3 Å². The highest BCUT2D eigenvalue weighted by atomic mass is 35.5. The van der Waals surface area contributed by atoms with E-state index in [0.29, 0.717) is 19.8 Å². The summed E-state index contributed by atoms with van der Waals surface area (Å²) < 4.78 is 5.13. The highest BCUT2D eigenvalue weighted by Crippen LogP contribution is 2.23. The van der Waals surface area contributed by atoms with Gasteiger partial charge in [-0.3, -0.25) is 4.79 Å². The third kappa shape index (κ3) is 5.35. The van der Waals surface area contributed by atoms with Crippen LogP contribution in [0.3, 0.4) is 0 Å². The first-order valence-electron chi connectivity index (χ1n) is 5.35. The van der Waals surface area contributed by atoms with Crippen molar-refractivity contribution in [1.29, 1.82) is 0 Å². The highest BCUT2D eigenvalue weighted by Gasteiger charge is 2.27. The summed E-state index contributed by atoms with van der Waals surface area (Å²) in [5, 5.41) is 2.86. The molecule has 1 saturated carbocycles. The van der Waals surface area contributed by atoms with Crippen molar-refractivity contribution < 1.29 is 9.53 Å². The Morgan fingerprint density at radius 3 is 2.80 bits per heavy atom. The smallest absolute Gasteiger partial charge is 0.223 e. The topological polar surface area (TPSA) is 64.3 Å². The molecule has 1 fully saturated rings. The first-order chi connectivity index (χ1) is 6.74. The minimum atomic E-state index is 0. The number of nitrogens with one attached hydrogen (secondary N) is 1. The van der Waals surface area contributed by atoms with E-state index in [1.807, 2.05) is 6.92 Å². The quantitative estimate of drug-likeness (QED) is 0.691. The van der Waals surface area contributed by atoms with Crippen LogP contribution in [0.25, 0.3) is 0 Å². The van der Waals surface area contributed by atoms with Crippen molar-refractivity contribution in [3.8, 4) is 0 Å². The molecule has 0 aromatic rings. The summed E-state index contributed by atoms with van der Waals surface area (Å²) in [7, 11) is 0. The zero-order valence-electron chi connectivity index (χ0n) is 9.20. The number of carbonyl (C=O) groups excluding carboxylic acids is 1. The normalized spacial score (nSPS) is 24.7. The third-order valence-corrected chi connectivity index (χ3v) is 2.59. The average Bonchev–Trinajstić information content (AvgIpc) is 2.59. The summed E-state index contributed by atoms with van der Waals surface area (Å²) in [6.07, 6.45) is 2.74. The van der Waals surface area contributed by atoms with E-state index in [1.54, 1.807) is 0 Å². The fourth-order valence-electron chi connectivity index (χ4n) is 1.79. The largest absolute Gasteiger partial charge is 0.380 e. The van der Waals surface area contributed by atoms with Crippen molar-refractivity contribution in [2.75, 3.05) is 19.8 Å². The minimum Gasteiger partial charge on any atom is -0.380 e. The number of halogens is 1. The predicted octanol–water partition coefficient (Wildman–Crippen LogP) is 0.688. The number of hydrogen-bond donors (Lipinski definition) is 2. The summed E-state index contributed by atoms with van der Waals surface area (Å²) in [4.78, 5) is 11.5. The molecule has 90 valence electrons. The van der Waals surface area contributed by atoms with Gasteiger partial charge in [0, 0.05) is 25.1 Å². The Hall–Kier alpha value is -0.320. The first kappa shape index (κ1) is 14.7. The Bertz CT molecular complexity index is 190. The molecular formula is C10H21ClN2O2. The van der Waals surface area contributed by atoms with Crippen LogP contribution >= 0.6 is 12.4 Å². The van der Waals surface area contributed by atoms with E-state index in [-0.39, 0.29) is 30.3 Å². The van der Waals surface area contributed by atoms with Gasteiger partial charge < -0.3 is 15.8 Å². The SMILES string of the molecule is CCOCCNC(=O)C1CCC(N)C1.Cl. The Labute approximate surface area is 97.3 Å². The molecule has 0 saturated heterocycles. The van der Waals surface area contributed by atoms with Gasteiger partial charge in [-0.05, 0) is 26.2 Å². The van der Waals surface area contributed by atoms with Gasteiger partial charge in [0.1, 0.15) is 0 Å². The molecule has 0 bridgehead atoms. The van der Waals surface area contributed by atoms with Crippen LogP contribution in [0.2, 0.25) is 0 Å². The zero-order valence-corrected chi connectivity index (χ0v) is 10.0. The number of ether oxygens (including phenoxy) is 1. The van der Waals surface area contributed by atoms with Crippen LogP contribution in [0, 0.1) is 5.92 Å². The molecule has 0 aromatic heterocycles. The Kier molecular flexibility index (Phi) is 7.74. The lowest BCUT2D eigenvalue weighted by Crippen LogP contribution is -2.32. The molecule has 0 aromatic carbocycles. The molecule has 1 rings (SSSR count). The molecule has 2 unspecified atom stereocenters. The Morgan fingerprint density at radius 1 is 1.53 bits per heavy atom. The number of nitrogens with two attached hydrogens (primary N) is 1. The maximum Gasteiger partial charge on any atom is 0.223 e. The van der Waals surface area contributed by atoms with Crippen molar-refractivity contribution >= 4 is 18.3 Å². The lowest BCUT2D eigenvalue weighted by atomic mass is 10.1. The molecule has 4 nitrogen and oxygen atoms in total. The molecule has 0 heterocycles. The maximum absolute atomic E-state index is 11.5. The molecular weight excluding hydrogens is 216 g/mol. The van der Waals surface area contributed by atoms with Gasteiger partial charge in [-0.2, -0.15) is 0 Å². The lowest BCUT2D eigenvalue weighted by molar-refractivity contribution is -0.125. The molecule has 0 spiro atoms. The van der Waals surface area contributed by atoms with E-state index in [2.05, 4.69) is 5.32 Å². The fourth-order valence-corrected chi connectivity index (χ4v) is 1.79. The van der Waals surface area contributed by atoms with Gasteiger partial charge in [-0.15, -0.1) is 12.4 Å². The van der Waals surface area contributed by atoms with Crippen molar-refractivity contribution in [3.63, 3.8) is 0 Å². The van der Waals surface area contributed by atoms with E-state index in [1.165, 1.54) is 0 Å². The second-order valence-corrected chi connectivity index (χ2v) is 3.76. The minimum absolute atomic E-state index is 0. The van der Waals surface area contributed by atoms with Gasteiger partial charge in [-0.25, -0.2) is 0 Å². The van der Waals surface area contributed by atoms with Crippen molar-refractivity contribution in [2.24, 2.45) is 11.7 Å². The monoisotopic (exact) mass is 236 g/mol. The molecule has 2 atom stereocenters. The third-order valence-electron chi connectivity index (χ3n) is 2.59. The molecule has 15 heavy (non-hydrogen) atoms. The lowest BCUT2D eigenvalue weighted by Gasteiger charge is -2.10. The number of carbonyl (C=O) groups is 1. The molecule has 0 aliphatic heterocycles. The van der Waals surface area contributed by atoms with Crippen molar-refractivity contribution in [1.82, 2.24) is 5.32 Å². The van der Waals surface area contributed by atoms with Crippen LogP contribution in [0.1, 0.15) is 26.2 Å². The average molecular weight is 237 g/mol. The molecule has 3 N–H and O–H groups in total. The highest BCUT2D eigenvalue weighted by molar-refractivity contribution is 5.85. The van der Waals surface area contributed by atoms with Crippen molar-refractivity contribution in [3.05, 3.63) is 0 Å². The van der Waals surface area contributed by atoms with Crippen molar-refractivity contribution in [2.45, 2.75) is 32.2 Å². The standard InChI is InChI=1S/C10H20N2O2.ClH/c1-2-14-6-5-12-10(13)8-3-4-9(11)7-8;/h8-9H,2-7,11H2,1H3,(H,12,13);1H. The maximum atomic E-state index is 11.5. The Morgan fingerprint density at radius 2 is 2.27 bits per heavy atom. The van der Waals surface area contributed by atoms with E-state index >= 15 is 0 Å². The summed E-state index contributed by atoms with van der Waals surface area (Å²) >= 11 is 0. The number of hydrogen-bond acceptors (Lipinski definition) is 3. The summed E-state index contributed by atoms with van der Waals surface area (Å²) in [6, 6.07) is 0.220. The van der Waals surface area contributed by atoms with Gasteiger partial charge in [-0.1, -0.05) is 0 Å². The summed E-state index contributed by atoms with van der Waals surface area (Å²) in [5.41, 5.74) is 5.73. The number of amides is 1. The van der Waals surface area contributed by atoms with Gasteiger partial charge >= 0.3 is 0 Å². The molecule has 0 radical (unpaired) electrons. The van der Waals surface area contributed by atoms with Crippen LogP contribution in [-0.2, 0) is 9.53 Å². The second-order valence-electron chi connectivity index (χ2n) is 3.76. The predicted molar refractivity (Wildman–Crippen MR) is 62.1 cm³/mol. The van der Waals surface area contributed by atoms with E-state index in [4.69, 9.17) is 10.5 Å². The summed E-state index contributed by atoms with van der Waals surface area (Å²) in [5.74, 6) is 0.268. The molecule has 5 heteroatoms. The van der Waals surface area contributed by atoms with Crippen LogP contribution in [-0.4, -0.2) is 31.7 Å². The fraction of sp³-hybridized carbons (Fsp3) is 0.900.